The summed E-state index contributed by atoms with van der Waals surface area (Å²) in [6.07, 6.45) is -3.65. The van der Waals surface area contributed by atoms with Crippen molar-refractivity contribution in [2.45, 2.75) is 37.9 Å². The van der Waals surface area contributed by atoms with Crippen molar-refractivity contribution in [2.75, 3.05) is 26.2 Å². The quantitative estimate of drug-likeness (QED) is 0.335. The molecule has 2 aromatic rings. The smallest absolute Gasteiger partial charge is 0.490 e. The summed E-state index contributed by atoms with van der Waals surface area (Å²) in [5.74, 6) is -5.54. The molecule has 0 bridgehead atoms. The number of fused-ring (bicyclic) bond motifs is 1. The van der Waals surface area contributed by atoms with E-state index in [2.05, 4.69) is 15.0 Å². The van der Waals surface area contributed by atoms with Gasteiger partial charge >= 0.3 is 18.2 Å². The van der Waals surface area contributed by atoms with Crippen molar-refractivity contribution in [3.63, 3.8) is 0 Å². The lowest BCUT2D eigenvalue weighted by Crippen LogP contribution is -2.49. The molecule has 11 nitrogen and oxygen atoms in total. The molecule has 1 saturated heterocycles. The van der Waals surface area contributed by atoms with Crippen molar-refractivity contribution in [3.05, 3.63) is 40.1 Å². The topological polar surface area (TPSA) is 121 Å². The number of imidazole rings is 1. The van der Waals surface area contributed by atoms with Gasteiger partial charge < -0.3 is 29.6 Å². The number of ether oxygens (including phenoxy) is 3. The van der Waals surface area contributed by atoms with Crippen LogP contribution in [-0.4, -0.2) is 70.0 Å². The zero-order valence-electron chi connectivity index (χ0n) is 18.5. The lowest BCUT2D eigenvalue weighted by atomic mass is 10.1. The Morgan fingerprint density at radius 1 is 1.25 bits per heavy atom. The maximum Gasteiger partial charge on any atom is 0.573 e. The molecule has 0 spiro atoms. The first-order valence-electron chi connectivity index (χ1n) is 10.7. The van der Waals surface area contributed by atoms with Crippen molar-refractivity contribution in [2.24, 2.45) is 0 Å². The van der Waals surface area contributed by atoms with Crippen molar-refractivity contribution < 1.29 is 45.9 Å². The highest BCUT2D eigenvalue weighted by atomic mass is 19.4. The van der Waals surface area contributed by atoms with Gasteiger partial charge in [-0.2, -0.15) is 0 Å². The first-order chi connectivity index (χ1) is 17.0. The van der Waals surface area contributed by atoms with Gasteiger partial charge in [-0.1, -0.05) is 0 Å². The van der Waals surface area contributed by atoms with Gasteiger partial charge in [-0.25, -0.2) is 8.78 Å². The molecule has 2 aliphatic rings. The van der Waals surface area contributed by atoms with Gasteiger partial charge in [0.1, 0.15) is 24.7 Å². The number of hydrogen-bond acceptors (Lipinski definition) is 8. The van der Waals surface area contributed by atoms with Crippen molar-refractivity contribution in [1.82, 2.24) is 19.8 Å². The number of amides is 1. The third-order valence-corrected chi connectivity index (χ3v) is 5.50. The largest absolute Gasteiger partial charge is 0.573 e. The number of aromatic nitrogens is 2. The van der Waals surface area contributed by atoms with Crippen molar-refractivity contribution >= 4 is 11.7 Å². The van der Waals surface area contributed by atoms with E-state index < -0.39 is 40.8 Å². The minimum absolute atomic E-state index is 0.0624. The zero-order valence-corrected chi connectivity index (χ0v) is 18.5. The molecule has 2 aliphatic heterocycles. The van der Waals surface area contributed by atoms with E-state index in [0.717, 1.165) is 0 Å². The van der Waals surface area contributed by atoms with Crippen LogP contribution in [0.2, 0.25) is 0 Å². The van der Waals surface area contributed by atoms with Gasteiger partial charge in [0, 0.05) is 30.2 Å². The highest BCUT2D eigenvalue weighted by molar-refractivity contribution is 5.78. The Balaban J connectivity index is 1.23. The second-order valence-electron chi connectivity index (χ2n) is 8.22. The Morgan fingerprint density at radius 2 is 1.92 bits per heavy atom. The summed E-state index contributed by atoms with van der Waals surface area (Å²) in [4.78, 5) is 28.2. The highest BCUT2D eigenvalue weighted by Gasteiger charge is 2.34. The summed E-state index contributed by atoms with van der Waals surface area (Å²) < 4.78 is 80.2. The molecule has 0 aliphatic carbocycles. The molecule has 0 unspecified atom stereocenters. The Labute approximate surface area is 199 Å². The van der Waals surface area contributed by atoms with E-state index in [4.69, 9.17) is 9.47 Å². The van der Waals surface area contributed by atoms with Gasteiger partial charge in [0.05, 0.1) is 19.1 Å². The lowest BCUT2D eigenvalue weighted by molar-refractivity contribution is -0.389. The van der Waals surface area contributed by atoms with Gasteiger partial charge in [0.15, 0.2) is 11.6 Å². The number of carbonyl (C=O) groups excluding carboxylic acids is 1. The molecule has 0 radical (unpaired) electrons. The van der Waals surface area contributed by atoms with Gasteiger partial charge in [0.25, 0.3) is 0 Å². The molecule has 1 aromatic carbocycles. The van der Waals surface area contributed by atoms with E-state index in [9.17, 15) is 36.9 Å². The van der Waals surface area contributed by atoms with E-state index in [1.54, 1.807) is 0 Å². The highest BCUT2D eigenvalue weighted by Crippen LogP contribution is 2.32. The van der Waals surface area contributed by atoms with Crippen LogP contribution in [0.3, 0.4) is 0 Å². The zero-order chi connectivity index (χ0) is 26.0. The van der Waals surface area contributed by atoms with Crippen LogP contribution in [-0.2, 0) is 11.3 Å². The summed E-state index contributed by atoms with van der Waals surface area (Å²) in [6.45, 7) is 1.29. The number of hydrogen-bond donors (Lipinski definition) is 1. The predicted molar refractivity (Wildman–Crippen MR) is 109 cm³/mol. The Morgan fingerprint density at radius 3 is 2.53 bits per heavy atom. The number of halogens is 5. The van der Waals surface area contributed by atoms with Crippen LogP contribution < -0.4 is 19.5 Å². The molecular weight excluding hydrogens is 501 g/mol. The number of benzene rings is 1. The predicted octanol–water partition coefficient (Wildman–Crippen LogP) is 2.39. The molecule has 4 rings (SSSR count). The van der Waals surface area contributed by atoms with Crippen molar-refractivity contribution in [3.8, 4) is 17.5 Å². The number of nitrogens with one attached hydrogen (secondary N) is 1. The van der Waals surface area contributed by atoms with E-state index >= 15 is 0 Å². The molecule has 1 atom stereocenters. The first-order valence-corrected chi connectivity index (χ1v) is 10.7. The van der Waals surface area contributed by atoms with E-state index in [1.807, 2.05) is 4.90 Å². The third kappa shape index (κ3) is 6.30. The van der Waals surface area contributed by atoms with Crippen LogP contribution in [0.1, 0.15) is 12.8 Å². The SMILES string of the molecule is O=C(CN1CCC(Oc2cc(F)c(OC(F)(F)F)c(F)c2)CC1)N[C@@H]1COc2nc([N+](=O)[O-])cn2C1. The van der Waals surface area contributed by atoms with Crippen LogP contribution >= 0.6 is 0 Å². The lowest BCUT2D eigenvalue weighted by Gasteiger charge is -2.32. The van der Waals surface area contributed by atoms with Crippen LogP contribution in [0.15, 0.2) is 18.3 Å². The number of piperidine rings is 1. The summed E-state index contributed by atoms with van der Waals surface area (Å²) in [6, 6.07) is 0.942. The fraction of sp³-hybridized carbons (Fsp3) is 0.500. The summed E-state index contributed by atoms with van der Waals surface area (Å²) in [7, 11) is 0. The molecular formula is C20H20F5N5O6. The molecule has 196 valence electrons. The number of nitrogens with zero attached hydrogens (tertiary/aromatic N) is 4. The minimum atomic E-state index is -5.24. The second kappa shape index (κ2) is 10.1. The minimum Gasteiger partial charge on any atom is -0.490 e. The monoisotopic (exact) mass is 521 g/mol. The molecule has 1 aromatic heterocycles. The average molecular weight is 521 g/mol. The van der Waals surface area contributed by atoms with E-state index in [0.29, 0.717) is 38.1 Å². The maximum atomic E-state index is 13.9. The standard InChI is InChI=1S/C20H20F5N5O6/c21-14-5-13(6-15(22)18(14)36-20(23,24)25)35-12-1-3-28(4-2-12)9-17(31)26-11-7-29-8-16(30(32)33)27-19(29)34-10-11/h5-6,8,11-12H,1-4,7,9-10H2,(H,26,31)/t11-/m0/s1. The fourth-order valence-electron chi connectivity index (χ4n) is 3.94. The summed E-state index contributed by atoms with van der Waals surface area (Å²) in [5.41, 5.74) is 0. The van der Waals surface area contributed by atoms with Crippen LogP contribution in [0.4, 0.5) is 27.8 Å². The Bertz CT molecular complexity index is 1110. The third-order valence-electron chi connectivity index (χ3n) is 5.50. The Hall–Kier alpha value is -3.69. The molecule has 1 fully saturated rings. The molecule has 36 heavy (non-hydrogen) atoms. The number of rotatable bonds is 7. The summed E-state index contributed by atoms with van der Waals surface area (Å²) in [5, 5.41) is 13.6. The molecule has 16 heteroatoms. The van der Waals surface area contributed by atoms with Crippen molar-refractivity contribution in [1.29, 1.82) is 0 Å². The van der Waals surface area contributed by atoms with Crippen LogP contribution in [0.25, 0.3) is 0 Å². The first kappa shape index (κ1) is 25.4. The number of carbonyl (C=O) groups is 1. The number of likely N-dealkylation sites (tertiary alicyclic amines) is 1. The Kier molecular flexibility index (Phi) is 7.14. The normalized spacial score (nSPS) is 18.8. The molecule has 1 N–H and O–H groups in total. The summed E-state index contributed by atoms with van der Waals surface area (Å²) >= 11 is 0. The maximum absolute atomic E-state index is 13.9. The number of alkyl halides is 3. The van der Waals surface area contributed by atoms with E-state index in [-0.39, 0.29) is 43.2 Å². The second-order valence-corrected chi connectivity index (χ2v) is 8.22. The molecule has 3 heterocycles. The van der Waals surface area contributed by atoms with Crippen LogP contribution in [0, 0.1) is 21.7 Å². The van der Waals surface area contributed by atoms with Gasteiger partial charge in [-0.05, 0) is 17.8 Å². The van der Waals surface area contributed by atoms with E-state index in [1.165, 1.54) is 10.8 Å². The number of nitro groups is 1. The van der Waals surface area contributed by atoms with Gasteiger partial charge in [-0.3, -0.25) is 14.3 Å². The fourth-order valence-corrected chi connectivity index (χ4v) is 3.94. The van der Waals surface area contributed by atoms with Gasteiger partial charge in [0.2, 0.25) is 11.7 Å². The molecule has 0 saturated carbocycles. The molecule has 1 amide bonds. The van der Waals surface area contributed by atoms with Crippen LogP contribution in [0.5, 0.6) is 17.5 Å². The average Bonchev–Trinajstić information content (AvgIpc) is 3.21. The van der Waals surface area contributed by atoms with Gasteiger partial charge in [-0.15, -0.1) is 13.2 Å².